The molecule has 0 fully saturated rings. The molecule has 2 atom stereocenters. The average Bonchev–Trinajstić information content (AvgIpc) is 3.43. The summed E-state index contributed by atoms with van der Waals surface area (Å²) in [7, 11) is 1.33. The van der Waals surface area contributed by atoms with Crippen LogP contribution in [0.4, 0.5) is 15.0 Å². The quantitative estimate of drug-likeness (QED) is 0.0561. The summed E-state index contributed by atoms with van der Waals surface area (Å²) in [5.74, 6) is 1.88. The van der Waals surface area contributed by atoms with Gasteiger partial charge in [-0.3, -0.25) is 4.79 Å². The second-order valence-electron chi connectivity index (χ2n) is 11.4. The summed E-state index contributed by atoms with van der Waals surface area (Å²) in [4.78, 5) is 36.9. The third-order valence-corrected chi connectivity index (χ3v) is 7.84. The minimum Gasteiger partial charge on any atom is -0.456 e. The summed E-state index contributed by atoms with van der Waals surface area (Å²) in [5.41, 5.74) is 4.38. The van der Waals surface area contributed by atoms with E-state index < -0.39 is 36.5 Å². The van der Waals surface area contributed by atoms with Crippen molar-refractivity contribution in [3.8, 4) is 12.3 Å². The lowest BCUT2D eigenvalue weighted by Gasteiger charge is -2.34. The number of unbranched alkanes of at least 4 members (excludes halogenated alkanes) is 13. The zero-order valence-corrected chi connectivity index (χ0v) is 27.4. The molecule has 0 aliphatic heterocycles. The van der Waals surface area contributed by atoms with E-state index in [9.17, 15) is 14.0 Å². The van der Waals surface area contributed by atoms with E-state index in [2.05, 4.69) is 34.7 Å². The van der Waals surface area contributed by atoms with Crippen molar-refractivity contribution in [1.29, 1.82) is 0 Å². The van der Waals surface area contributed by atoms with E-state index in [0.29, 0.717) is 12.8 Å². The van der Waals surface area contributed by atoms with Crippen LogP contribution in [0.15, 0.2) is 6.33 Å². The van der Waals surface area contributed by atoms with Crippen molar-refractivity contribution in [2.75, 3.05) is 26.1 Å². The maximum Gasteiger partial charge on any atom is 0.508 e. The summed E-state index contributed by atoms with van der Waals surface area (Å²) < 4.78 is 37.5. The van der Waals surface area contributed by atoms with Crippen LogP contribution in [0.2, 0.25) is 0 Å². The first-order chi connectivity index (χ1) is 21.8. The van der Waals surface area contributed by atoms with Crippen LogP contribution in [-0.2, 0) is 30.3 Å². The molecule has 0 bridgehead atoms. The molecular weight excluding hydrogens is 581 g/mol. The number of fused-ring (bicyclic) bond motifs is 1. The highest BCUT2D eigenvalue weighted by atomic mass is 19.1. The van der Waals surface area contributed by atoms with Crippen LogP contribution in [0.3, 0.4) is 0 Å². The van der Waals surface area contributed by atoms with Gasteiger partial charge in [-0.25, -0.2) is 9.78 Å². The van der Waals surface area contributed by atoms with Crippen molar-refractivity contribution in [2.45, 2.75) is 135 Å². The molecule has 2 heterocycles. The van der Waals surface area contributed by atoms with Crippen LogP contribution in [0.5, 0.6) is 0 Å². The Bertz CT molecular complexity index is 1200. The average molecular weight is 634 g/mol. The molecule has 252 valence electrons. The van der Waals surface area contributed by atoms with Crippen molar-refractivity contribution in [3.63, 3.8) is 0 Å². The van der Waals surface area contributed by atoms with Crippen LogP contribution in [-0.4, -0.2) is 63.7 Å². The predicted octanol–water partition coefficient (Wildman–Crippen LogP) is 6.91. The van der Waals surface area contributed by atoms with Crippen LogP contribution < -0.4 is 5.73 Å². The van der Waals surface area contributed by atoms with Crippen molar-refractivity contribution in [3.05, 3.63) is 12.4 Å². The minimum atomic E-state index is -1.69. The molecule has 0 spiro atoms. The zero-order valence-electron chi connectivity index (χ0n) is 27.4. The van der Waals surface area contributed by atoms with Gasteiger partial charge in [-0.1, -0.05) is 103 Å². The number of hydrogen-bond donors (Lipinski definition) is 1. The lowest BCUT2D eigenvalue weighted by atomic mass is 9.97. The van der Waals surface area contributed by atoms with E-state index in [1.54, 1.807) is 0 Å². The molecule has 0 amide bonds. The molecule has 0 saturated carbocycles. The van der Waals surface area contributed by atoms with Crippen LogP contribution in [0, 0.1) is 18.4 Å². The number of hydrogen-bond acceptors (Lipinski definition) is 10. The van der Waals surface area contributed by atoms with Crippen LogP contribution in [0.1, 0.15) is 117 Å². The Hall–Kier alpha value is -3.46. The SMILES string of the molecule is C#CC(COC(=O)OCCCCCC)(OC)[C@H](Cn1cnc2c(N)nc(F)nc21)OC(=O)CCCCCCCCCCCCC. The van der Waals surface area contributed by atoms with E-state index >= 15 is 0 Å². The van der Waals surface area contributed by atoms with Gasteiger partial charge < -0.3 is 29.2 Å². The summed E-state index contributed by atoms with van der Waals surface area (Å²) in [6, 6.07) is 0. The molecule has 11 nitrogen and oxygen atoms in total. The molecule has 1 unspecified atom stereocenters. The number of carbonyl (C=O) groups excluding carboxylic acids is 2. The lowest BCUT2D eigenvalue weighted by molar-refractivity contribution is -0.168. The highest BCUT2D eigenvalue weighted by Gasteiger charge is 2.43. The maximum atomic E-state index is 14.0. The monoisotopic (exact) mass is 633 g/mol. The molecule has 45 heavy (non-hydrogen) atoms. The summed E-state index contributed by atoms with van der Waals surface area (Å²) in [6.07, 6.45) is 20.7. The normalized spacial score (nSPS) is 13.2. The smallest absolute Gasteiger partial charge is 0.456 e. The molecule has 12 heteroatoms. The number of nitrogen functional groups attached to an aromatic ring is 1. The first-order valence-electron chi connectivity index (χ1n) is 16.5. The summed E-state index contributed by atoms with van der Waals surface area (Å²) in [5, 5.41) is 0. The maximum absolute atomic E-state index is 14.0. The molecule has 0 radical (unpaired) electrons. The van der Waals surface area contributed by atoms with Gasteiger partial charge in [-0.2, -0.15) is 14.4 Å². The van der Waals surface area contributed by atoms with Gasteiger partial charge in [0.15, 0.2) is 17.6 Å². The fourth-order valence-corrected chi connectivity index (χ4v) is 5.05. The third kappa shape index (κ3) is 13.2. The first-order valence-corrected chi connectivity index (χ1v) is 16.5. The van der Waals surface area contributed by atoms with Crippen LogP contribution in [0.25, 0.3) is 11.2 Å². The lowest BCUT2D eigenvalue weighted by Crippen LogP contribution is -2.51. The largest absolute Gasteiger partial charge is 0.508 e. The molecule has 0 aliphatic rings. The molecule has 2 aromatic heterocycles. The van der Waals surface area contributed by atoms with Gasteiger partial charge in [0.25, 0.3) is 0 Å². The first kappa shape index (κ1) is 37.7. The Morgan fingerprint density at radius 1 is 0.956 bits per heavy atom. The Labute approximate surface area is 267 Å². The highest BCUT2D eigenvalue weighted by Crippen LogP contribution is 2.25. The number of halogens is 1. The molecule has 2 aromatic rings. The van der Waals surface area contributed by atoms with E-state index in [1.807, 2.05) is 0 Å². The van der Waals surface area contributed by atoms with Crippen molar-refractivity contribution < 1.29 is 32.9 Å². The number of anilines is 1. The third-order valence-electron chi connectivity index (χ3n) is 7.84. The number of nitrogens with two attached hydrogens (primary N) is 1. The number of carbonyl (C=O) groups is 2. The second kappa shape index (κ2) is 21.3. The predicted molar refractivity (Wildman–Crippen MR) is 171 cm³/mol. The molecule has 0 aromatic carbocycles. The number of ether oxygens (including phenoxy) is 4. The van der Waals surface area contributed by atoms with Gasteiger partial charge in [0.05, 0.1) is 19.5 Å². The molecule has 2 rings (SSSR count). The van der Waals surface area contributed by atoms with E-state index in [-0.39, 0.29) is 36.6 Å². The Balaban J connectivity index is 2.04. The Morgan fingerprint density at radius 3 is 2.16 bits per heavy atom. The van der Waals surface area contributed by atoms with E-state index in [1.165, 1.54) is 62.9 Å². The van der Waals surface area contributed by atoms with Crippen LogP contribution >= 0.6 is 0 Å². The highest BCUT2D eigenvalue weighted by molar-refractivity contribution is 5.81. The zero-order chi connectivity index (χ0) is 32.9. The van der Waals surface area contributed by atoms with Gasteiger partial charge in [-0.05, 0) is 12.8 Å². The minimum absolute atomic E-state index is 0.0841. The van der Waals surface area contributed by atoms with Crippen molar-refractivity contribution in [1.82, 2.24) is 19.5 Å². The standard InChI is InChI=1S/C33H52FN5O6/c1-5-8-10-12-13-14-15-16-17-18-19-21-27(40)45-26(23-39-25-36-28-29(35)37-31(34)38-30(28)39)33(7-3,42-4)24-44-32(41)43-22-20-11-9-6-2/h3,25-26H,5-6,8-24H2,1-2,4H3,(H2,35,37,38)/t26-,33?/m0/s1. The molecule has 0 saturated heterocycles. The van der Waals surface area contributed by atoms with Crippen molar-refractivity contribution >= 4 is 29.1 Å². The van der Waals surface area contributed by atoms with E-state index in [0.717, 1.165) is 38.5 Å². The molecular formula is C33H52FN5O6. The fourth-order valence-electron chi connectivity index (χ4n) is 5.05. The van der Waals surface area contributed by atoms with Crippen molar-refractivity contribution in [2.24, 2.45) is 0 Å². The van der Waals surface area contributed by atoms with Gasteiger partial charge in [-0.15, -0.1) is 6.42 Å². The van der Waals surface area contributed by atoms with Gasteiger partial charge in [0.2, 0.25) is 5.60 Å². The summed E-state index contributed by atoms with van der Waals surface area (Å²) >= 11 is 0. The van der Waals surface area contributed by atoms with Gasteiger partial charge >= 0.3 is 18.2 Å². The van der Waals surface area contributed by atoms with E-state index in [4.69, 9.17) is 31.1 Å². The number of terminal acetylenes is 1. The van der Waals surface area contributed by atoms with Gasteiger partial charge in [0.1, 0.15) is 12.1 Å². The molecule has 0 aliphatic carbocycles. The summed E-state index contributed by atoms with van der Waals surface area (Å²) in [6.45, 7) is 3.93. The number of imidazole rings is 1. The number of aromatic nitrogens is 4. The fraction of sp³-hybridized carbons (Fsp3) is 0.727. The topological polar surface area (TPSA) is 141 Å². The number of esters is 1. The number of rotatable bonds is 24. The number of methoxy groups -OCH3 is 1. The molecule has 2 N–H and O–H groups in total. The Morgan fingerprint density at radius 2 is 1.56 bits per heavy atom. The number of nitrogens with zero attached hydrogens (tertiary/aromatic N) is 4. The van der Waals surface area contributed by atoms with Gasteiger partial charge in [0, 0.05) is 13.5 Å². The second-order valence-corrected chi connectivity index (χ2v) is 11.4. The Kier molecular flexibility index (Phi) is 17.9.